The lowest BCUT2D eigenvalue weighted by Gasteiger charge is -2.09. The number of aryl methyl sites for hydroxylation is 1. The topological polar surface area (TPSA) is 75.3 Å². The second-order valence-corrected chi connectivity index (χ2v) is 4.80. The number of aromatic hydroxyl groups is 1. The van der Waals surface area contributed by atoms with Crippen molar-refractivity contribution < 1.29 is 9.90 Å². The summed E-state index contributed by atoms with van der Waals surface area (Å²) in [5, 5.41) is 12.7. The monoisotopic (exact) mass is 290 g/mol. The fourth-order valence-electron chi connectivity index (χ4n) is 1.77. The largest absolute Gasteiger partial charge is 0.506 e. The molecule has 2 rings (SSSR count). The summed E-state index contributed by atoms with van der Waals surface area (Å²) in [7, 11) is 0. The molecule has 0 fully saturated rings. The van der Waals surface area contributed by atoms with E-state index in [0.29, 0.717) is 22.0 Å². The molecule has 2 aromatic rings. The van der Waals surface area contributed by atoms with Crippen LogP contribution in [0.3, 0.4) is 0 Å². The van der Waals surface area contributed by atoms with Gasteiger partial charge in [-0.15, -0.1) is 0 Å². The van der Waals surface area contributed by atoms with Crippen molar-refractivity contribution in [3.05, 3.63) is 52.5 Å². The predicted octanol–water partition coefficient (Wildman–Crippen LogP) is 3.44. The first-order valence-corrected chi connectivity index (χ1v) is 6.57. The lowest BCUT2D eigenvalue weighted by Crippen LogP contribution is -2.12. The van der Waals surface area contributed by atoms with E-state index in [1.54, 1.807) is 24.3 Å². The summed E-state index contributed by atoms with van der Waals surface area (Å²) in [6.45, 7) is 2.00. The molecule has 0 atom stereocenters. The quantitative estimate of drug-likeness (QED) is 0.599. The summed E-state index contributed by atoms with van der Waals surface area (Å²) in [6, 6.07) is 9.76. The number of hydrogen-bond acceptors (Lipinski definition) is 3. The van der Waals surface area contributed by atoms with Crippen LogP contribution in [0.4, 0.5) is 11.4 Å². The molecule has 0 aliphatic rings. The zero-order valence-electron chi connectivity index (χ0n) is 11.0. The fourth-order valence-corrected chi connectivity index (χ4v) is 1.95. The minimum atomic E-state index is -0.351. The third-order valence-electron chi connectivity index (χ3n) is 2.98. The summed E-state index contributed by atoms with van der Waals surface area (Å²) >= 11 is 5.89. The van der Waals surface area contributed by atoms with E-state index in [2.05, 4.69) is 5.32 Å². The van der Waals surface area contributed by atoms with Crippen LogP contribution in [0.15, 0.2) is 36.4 Å². The van der Waals surface area contributed by atoms with Crippen LogP contribution in [-0.2, 0) is 6.42 Å². The zero-order chi connectivity index (χ0) is 14.7. The van der Waals surface area contributed by atoms with E-state index in [0.717, 1.165) is 12.0 Å². The highest BCUT2D eigenvalue weighted by Crippen LogP contribution is 2.26. The van der Waals surface area contributed by atoms with E-state index in [1.807, 2.05) is 13.0 Å². The van der Waals surface area contributed by atoms with Crippen LogP contribution in [0.25, 0.3) is 0 Å². The molecule has 0 unspecified atom stereocenters. The smallest absolute Gasteiger partial charge is 0.255 e. The van der Waals surface area contributed by atoms with Gasteiger partial charge in [-0.3, -0.25) is 4.79 Å². The Morgan fingerprint density at radius 1 is 1.30 bits per heavy atom. The molecule has 2 aromatic carbocycles. The normalized spacial score (nSPS) is 10.3. The number of hydrogen-bond donors (Lipinski definition) is 3. The number of nitrogens with one attached hydrogen (secondary N) is 1. The van der Waals surface area contributed by atoms with Crippen molar-refractivity contribution in [2.24, 2.45) is 0 Å². The van der Waals surface area contributed by atoms with E-state index in [4.69, 9.17) is 17.3 Å². The number of benzene rings is 2. The first-order valence-electron chi connectivity index (χ1n) is 6.19. The molecule has 0 bridgehead atoms. The average molecular weight is 291 g/mol. The number of rotatable bonds is 3. The number of amides is 1. The molecule has 4 nitrogen and oxygen atoms in total. The maximum Gasteiger partial charge on any atom is 0.255 e. The molecule has 0 heterocycles. The van der Waals surface area contributed by atoms with Gasteiger partial charge in [0.25, 0.3) is 5.91 Å². The van der Waals surface area contributed by atoms with Crippen LogP contribution >= 0.6 is 11.6 Å². The molecule has 0 radical (unpaired) electrons. The number of anilines is 2. The predicted molar refractivity (Wildman–Crippen MR) is 81.3 cm³/mol. The van der Waals surface area contributed by atoms with Crippen molar-refractivity contribution in [1.29, 1.82) is 0 Å². The Morgan fingerprint density at radius 2 is 2.05 bits per heavy atom. The van der Waals surface area contributed by atoms with E-state index in [9.17, 15) is 9.90 Å². The van der Waals surface area contributed by atoms with E-state index < -0.39 is 0 Å². The van der Waals surface area contributed by atoms with Crippen LogP contribution in [0.1, 0.15) is 22.8 Å². The third kappa shape index (κ3) is 3.03. The van der Waals surface area contributed by atoms with E-state index in [1.165, 1.54) is 6.07 Å². The van der Waals surface area contributed by atoms with Gasteiger partial charge >= 0.3 is 0 Å². The molecular formula is C15H15ClN2O2. The van der Waals surface area contributed by atoms with Gasteiger partial charge in [0.15, 0.2) is 0 Å². The lowest BCUT2D eigenvalue weighted by molar-refractivity contribution is 0.102. The number of carbonyl (C=O) groups is 1. The van der Waals surface area contributed by atoms with E-state index >= 15 is 0 Å². The van der Waals surface area contributed by atoms with Gasteiger partial charge in [-0.05, 0) is 42.3 Å². The van der Waals surface area contributed by atoms with Crippen LogP contribution in [0.2, 0.25) is 5.02 Å². The summed E-state index contributed by atoms with van der Waals surface area (Å²) in [4.78, 5) is 12.1. The number of nitrogen functional groups attached to an aromatic ring is 1. The Kier molecular flexibility index (Phi) is 4.15. The minimum Gasteiger partial charge on any atom is -0.506 e. The highest BCUT2D eigenvalue weighted by atomic mass is 35.5. The SMILES string of the molecule is CCc1ccc(O)c(NC(=O)c2ccc(N)c(Cl)c2)c1. The standard InChI is InChI=1S/C15H15ClN2O2/c1-2-9-3-6-14(19)13(7-9)18-15(20)10-4-5-12(17)11(16)8-10/h3-8,19H,2,17H2,1H3,(H,18,20). The van der Waals surface area contributed by atoms with Crippen molar-refractivity contribution >= 4 is 28.9 Å². The summed E-state index contributed by atoms with van der Waals surface area (Å²) < 4.78 is 0. The summed E-state index contributed by atoms with van der Waals surface area (Å²) in [5.74, 6) is -0.326. The second kappa shape index (κ2) is 5.84. The van der Waals surface area contributed by atoms with Gasteiger partial charge in [0.1, 0.15) is 5.75 Å². The molecule has 0 spiro atoms. The molecule has 0 saturated carbocycles. The Morgan fingerprint density at radius 3 is 2.70 bits per heavy atom. The maximum absolute atomic E-state index is 12.1. The molecule has 0 aromatic heterocycles. The van der Waals surface area contributed by atoms with Gasteiger partial charge < -0.3 is 16.2 Å². The summed E-state index contributed by atoms with van der Waals surface area (Å²) in [5.41, 5.74) is 7.79. The third-order valence-corrected chi connectivity index (χ3v) is 3.31. The molecule has 5 heteroatoms. The van der Waals surface area contributed by atoms with Gasteiger partial charge in [-0.1, -0.05) is 24.6 Å². The maximum atomic E-state index is 12.1. The number of phenols is 1. The number of carbonyl (C=O) groups excluding carboxylic acids is 1. The zero-order valence-corrected chi connectivity index (χ0v) is 11.7. The van der Waals surface area contributed by atoms with Gasteiger partial charge in [0.2, 0.25) is 0 Å². The first kappa shape index (κ1) is 14.2. The van der Waals surface area contributed by atoms with Crippen LogP contribution in [0, 0.1) is 0 Å². The van der Waals surface area contributed by atoms with Crippen LogP contribution in [-0.4, -0.2) is 11.0 Å². The Labute approximate surface area is 122 Å². The molecule has 0 saturated heterocycles. The molecule has 0 aliphatic heterocycles. The first-order chi connectivity index (χ1) is 9.51. The van der Waals surface area contributed by atoms with Crippen LogP contribution in [0.5, 0.6) is 5.75 Å². The van der Waals surface area contributed by atoms with Gasteiger partial charge in [0.05, 0.1) is 16.4 Å². The summed E-state index contributed by atoms with van der Waals surface area (Å²) in [6.07, 6.45) is 0.816. The highest BCUT2D eigenvalue weighted by molar-refractivity contribution is 6.33. The van der Waals surface area contributed by atoms with Crippen molar-refractivity contribution in [2.45, 2.75) is 13.3 Å². The second-order valence-electron chi connectivity index (χ2n) is 4.40. The molecular weight excluding hydrogens is 276 g/mol. The number of halogens is 1. The van der Waals surface area contributed by atoms with Crippen LogP contribution < -0.4 is 11.1 Å². The van der Waals surface area contributed by atoms with Crippen molar-refractivity contribution in [3.63, 3.8) is 0 Å². The van der Waals surface area contributed by atoms with E-state index in [-0.39, 0.29) is 11.7 Å². The fraction of sp³-hybridized carbons (Fsp3) is 0.133. The molecule has 1 amide bonds. The Balaban J connectivity index is 2.25. The Hall–Kier alpha value is -2.20. The van der Waals surface area contributed by atoms with Crippen molar-refractivity contribution in [2.75, 3.05) is 11.1 Å². The number of nitrogens with two attached hydrogens (primary N) is 1. The minimum absolute atomic E-state index is 0.0251. The lowest BCUT2D eigenvalue weighted by atomic mass is 10.1. The highest BCUT2D eigenvalue weighted by Gasteiger charge is 2.10. The van der Waals surface area contributed by atoms with Gasteiger partial charge in [-0.2, -0.15) is 0 Å². The molecule has 0 aliphatic carbocycles. The molecule has 20 heavy (non-hydrogen) atoms. The number of phenolic OH excluding ortho intramolecular Hbond substituents is 1. The van der Waals surface area contributed by atoms with Gasteiger partial charge in [0, 0.05) is 5.56 Å². The Bertz CT molecular complexity index is 656. The molecule has 4 N–H and O–H groups in total. The molecule has 104 valence electrons. The van der Waals surface area contributed by atoms with Crippen molar-refractivity contribution in [1.82, 2.24) is 0 Å². The van der Waals surface area contributed by atoms with Gasteiger partial charge in [-0.25, -0.2) is 0 Å². The van der Waals surface area contributed by atoms with Crippen molar-refractivity contribution in [3.8, 4) is 5.75 Å². The average Bonchev–Trinajstić information content (AvgIpc) is 2.44.